The van der Waals surface area contributed by atoms with Crippen molar-refractivity contribution in [2.45, 2.75) is 57.3 Å². The van der Waals surface area contributed by atoms with Crippen molar-refractivity contribution in [1.82, 2.24) is 20.0 Å². The summed E-state index contributed by atoms with van der Waals surface area (Å²) >= 11 is 6.01. The van der Waals surface area contributed by atoms with Crippen molar-refractivity contribution in [1.29, 1.82) is 0 Å². The summed E-state index contributed by atoms with van der Waals surface area (Å²) in [6.07, 6.45) is 8.32. The Morgan fingerprint density at radius 3 is 2.60 bits per heavy atom. The third-order valence-corrected chi connectivity index (χ3v) is 7.06. The van der Waals surface area contributed by atoms with Crippen LogP contribution in [0, 0.1) is 17.8 Å². The van der Waals surface area contributed by atoms with Crippen LogP contribution >= 0.6 is 11.6 Å². The highest BCUT2D eigenvalue weighted by molar-refractivity contribution is 6.30. The molecule has 0 aromatic carbocycles. The summed E-state index contributed by atoms with van der Waals surface area (Å²) in [4.78, 5) is 6.89. The lowest BCUT2D eigenvalue weighted by molar-refractivity contribution is -0.0376. The minimum absolute atomic E-state index is 0.126. The zero-order valence-corrected chi connectivity index (χ0v) is 18.4. The van der Waals surface area contributed by atoms with E-state index in [4.69, 9.17) is 16.3 Å². The van der Waals surface area contributed by atoms with Gasteiger partial charge in [-0.15, -0.1) is 5.10 Å². The second kappa shape index (κ2) is 7.77. The predicted octanol–water partition coefficient (Wildman–Crippen LogP) is 3.44. The summed E-state index contributed by atoms with van der Waals surface area (Å²) in [5.74, 6) is 2.86. The Labute approximate surface area is 182 Å². The SMILES string of the molecule is CC(C)(O)c1cn([C@@H]2C[C@@H]3CN(c4ccc(Cl)cn4)C[C@@H]3C[C@H]2OCC2CC2)nn1. The maximum absolute atomic E-state index is 10.3. The smallest absolute Gasteiger partial charge is 0.128 e. The van der Waals surface area contributed by atoms with Gasteiger partial charge in [0.25, 0.3) is 0 Å². The number of halogens is 1. The molecule has 0 spiro atoms. The molecule has 0 unspecified atom stereocenters. The number of anilines is 1. The van der Waals surface area contributed by atoms with Gasteiger partial charge in [0.2, 0.25) is 0 Å². The lowest BCUT2D eigenvalue weighted by Gasteiger charge is -2.37. The van der Waals surface area contributed by atoms with Crippen molar-refractivity contribution in [2.75, 3.05) is 24.6 Å². The number of aliphatic hydroxyl groups is 1. The first-order valence-corrected chi connectivity index (χ1v) is 11.4. The van der Waals surface area contributed by atoms with Crippen molar-refractivity contribution in [2.24, 2.45) is 17.8 Å². The number of hydrogen-bond acceptors (Lipinski definition) is 6. The highest BCUT2D eigenvalue weighted by Crippen LogP contribution is 2.44. The van der Waals surface area contributed by atoms with Gasteiger partial charge < -0.3 is 14.7 Å². The third-order valence-electron chi connectivity index (χ3n) is 6.84. The number of aromatic nitrogens is 4. The number of pyridine rings is 1. The average molecular weight is 432 g/mol. The van der Waals surface area contributed by atoms with E-state index in [1.807, 2.05) is 23.0 Å². The maximum atomic E-state index is 10.3. The molecular weight excluding hydrogens is 402 g/mol. The van der Waals surface area contributed by atoms with Gasteiger partial charge in [-0.2, -0.15) is 0 Å². The molecule has 2 aromatic rings. The van der Waals surface area contributed by atoms with Gasteiger partial charge in [0.05, 0.1) is 23.4 Å². The normalized spacial score (nSPS) is 29.3. The van der Waals surface area contributed by atoms with E-state index in [9.17, 15) is 5.11 Å². The molecule has 1 aliphatic heterocycles. The van der Waals surface area contributed by atoms with Crippen LogP contribution in [0.4, 0.5) is 5.82 Å². The van der Waals surface area contributed by atoms with Crippen molar-refractivity contribution in [3.63, 3.8) is 0 Å². The Bertz CT molecular complexity index is 876. The van der Waals surface area contributed by atoms with Crippen LogP contribution < -0.4 is 4.90 Å². The van der Waals surface area contributed by atoms with Gasteiger partial charge in [-0.05, 0) is 69.4 Å². The summed E-state index contributed by atoms with van der Waals surface area (Å²) in [5.41, 5.74) is -0.395. The first kappa shape index (κ1) is 20.2. The quantitative estimate of drug-likeness (QED) is 0.755. The topological polar surface area (TPSA) is 76.3 Å². The summed E-state index contributed by atoms with van der Waals surface area (Å²) in [7, 11) is 0. The van der Waals surface area contributed by atoms with E-state index >= 15 is 0 Å². The molecule has 1 saturated heterocycles. The van der Waals surface area contributed by atoms with E-state index in [0.717, 1.165) is 44.3 Å². The molecule has 4 atom stereocenters. The second-order valence-corrected chi connectivity index (χ2v) is 10.2. The van der Waals surface area contributed by atoms with E-state index in [1.54, 1.807) is 20.0 Å². The van der Waals surface area contributed by atoms with Crippen molar-refractivity contribution in [3.05, 3.63) is 35.2 Å². The van der Waals surface area contributed by atoms with Gasteiger partial charge in [-0.25, -0.2) is 9.67 Å². The minimum atomic E-state index is -0.996. The van der Waals surface area contributed by atoms with Crippen LogP contribution in [0.2, 0.25) is 5.02 Å². The molecule has 3 heterocycles. The average Bonchev–Trinajstić information content (AvgIpc) is 3.23. The van der Waals surface area contributed by atoms with Crippen LogP contribution in [0.25, 0.3) is 0 Å². The van der Waals surface area contributed by atoms with E-state index in [0.29, 0.717) is 22.6 Å². The number of rotatable bonds is 6. The van der Waals surface area contributed by atoms with E-state index < -0.39 is 5.60 Å². The van der Waals surface area contributed by atoms with Crippen molar-refractivity contribution >= 4 is 17.4 Å². The molecule has 0 bridgehead atoms. The molecule has 5 rings (SSSR count). The highest BCUT2D eigenvalue weighted by atomic mass is 35.5. The Hall–Kier alpha value is -1.70. The Morgan fingerprint density at radius 1 is 1.20 bits per heavy atom. The standard InChI is InChI=1S/C22H30ClN5O2/c1-22(2,29)20-12-28(26-25-20)18-7-15-10-27(21-6-5-17(23)9-24-21)11-16(15)8-19(18)30-13-14-3-4-14/h5-6,9,12,14-16,18-19,29H,3-4,7-8,10-11,13H2,1-2H3/t15-,16+,18-,19-/m1/s1. The fraction of sp³-hybridized carbons (Fsp3) is 0.682. The molecule has 2 aromatic heterocycles. The summed E-state index contributed by atoms with van der Waals surface area (Å²) in [5, 5.41) is 19.6. The van der Waals surface area contributed by atoms with E-state index in [-0.39, 0.29) is 12.1 Å². The zero-order valence-electron chi connectivity index (χ0n) is 17.6. The molecule has 3 aliphatic rings. The molecule has 7 nitrogen and oxygen atoms in total. The van der Waals surface area contributed by atoms with E-state index in [2.05, 4.69) is 20.2 Å². The van der Waals surface area contributed by atoms with Crippen LogP contribution in [0.3, 0.4) is 0 Å². The molecular formula is C22H30ClN5O2. The van der Waals surface area contributed by atoms with Gasteiger partial charge in [-0.1, -0.05) is 16.8 Å². The summed E-state index contributed by atoms with van der Waals surface area (Å²) < 4.78 is 8.37. The first-order chi connectivity index (χ1) is 14.4. The monoisotopic (exact) mass is 431 g/mol. The molecule has 3 fully saturated rings. The van der Waals surface area contributed by atoms with E-state index in [1.165, 1.54) is 12.8 Å². The van der Waals surface area contributed by atoms with Crippen LogP contribution in [-0.4, -0.2) is 50.9 Å². The van der Waals surface area contributed by atoms with Crippen LogP contribution in [0.5, 0.6) is 0 Å². The van der Waals surface area contributed by atoms with Gasteiger partial charge >= 0.3 is 0 Å². The third kappa shape index (κ3) is 4.20. The molecule has 2 aliphatic carbocycles. The maximum Gasteiger partial charge on any atom is 0.128 e. The molecule has 2 saturated carbocycles. The van der Waals surface area contributed by atoms with Crippen molar-refractivity contribution in [3.8, 4) is 0 Å². The first-order valence-electron chi connectivity index (χ1n) is 11.0. The number of nitrogens with zero attached hydrogens (tertiary/aromatic N) is 5. The Morgan fingerprint density at radius 2 is 1.97 bits per heavy atom. The zero-order chi connectivity index (χ0) is 20.9. The van der Waals surface area contributed by atoms with Gasteiger partial charge in [0.1, 0.15) is 17.1 Å². The summed E-state index contributed by atoms with van der Waals surface area (Å²) in [6.45, 7) is 6.31. The molecule has 30 heavy (non-hydrogen) atoms. The van der Waals surface area contributed by atoms with Crippen molar-refractivity contribution < 1.29 is 9.84 Å². The Kier molecular flexibility index (Phi) is 5.24. The molecule has 162 valence electrons. The largest absolute Gasteiger partial charge is 0.384 e. The molecule has 8 heteroatoms. The molecule has 0 radical (unpaired) electrons. The second-order valence-electron chi connectivity index (χ2n) is 9.76. The molecule has 1 N–H and O–H groups in total. The summed E-state index contributed by atoms with van der Waals surface area (Å²) in [6, 6.07) is 4.06. The number of fused-ring (bicyclic) bond motifs is 1. The number of hydrogen-bond donors (Lipinski definition) is 1. The van der Waals surface area contributed by atoms with Gasteiger partial charge in [0, 0.05) is 25.9 Å². The van der Waals surface area contributed by atoms with Gasteiger partial charge in [-0.3, -0.25) is 0 Å². The molecule has 0 amide bonds. The lowest BCUT2D eigenvalue weighted by atomic mass is 9.77. The van der Waals surface area contributed by atoms with Crippen LogP contribution in [0.1, 0.15) is 51.3 Å². The highest BCUT2D eigenvalue weighted by Gasteiger charge is 2.44. The van der Waals surface area contributed by atoms with Gasteiger partial charge in [0.15, 0.2) is 0 Å². The minimum Gasteiger partial charge on any atom is -0.384 e. The fourth-order valence-electron chi connectivity index (χ4n) is 4.85. The predicted molar refractivity (Wildman–Crippen MR) is 114 cm³/mol. The van der Waals surface area contributed by atoms with Crippen LogP contribution in [-0.2, 0) is 10.3 Å². The fourth-order valence-corrected chi connectivity index (χ4v) is 4.96. The lowest BCUT2D eigenvalue weighted by Crippen LogP contribution is -2.38. The number of ether oxygens (including phenoxy) is 1. The van der Waals surface area contributed by atoms with Crippen LogP contribution in [0.15, 0.2) is 24.5 Å². The Balaban J connectivity index is 1.35.